The summed E-state index contributed by atoms with van der Waals surface area (Å²) in [6.07, 6.45) is 0. The quantitative estimate of drug-likeness (QED) is 0.859. The highest BCUT2D eigenvalue weighted by Crippen LogP contribution is 2.32. The number of hydrogen-bond acceptors (Lipinski definition) is 3. The molecule has 5 heteroatoms. The molecule has 1 aromatic rings. The number of Topliss-reactive ketones (excluding diaryl/α,β-unsaturated/α-hetero) is 1. The molecule has 0 bridgehead atoms. The Morgan fingerprint density at radius 1 is 1.67 bits per heavy atom. The fraction of sp³-hybridized carbons (Fsp3) is 0.300. The zero-order chi connectivity index (χ0) is 11.6. The van der Waals surface area contributed by atoms with Crippen molar-refractivity contribution in [3.05, 3.63) is 27.5 Å². The first kappa shape index (κ1) is 12.1. The van der Waals surface area contributed by atoms with E-state index >= 15 is 0 Å². The van der Waals surface area contributed by atoms with Crippen LogP contribution in [0.4, 0.5) is 4.39 Å². The van der Waals surface area contributed by atoms with Gasteiger partial charge in [-0.2, -0.15) is 0 Å². The Morgan fingerprint density at radius 3 is 2.73 bits per heavy atom. The summed E-state index contributed by atoms with van der Waals surface area (Å²) >= 11 is 3.02. The van der Waals surface area contributed by atoms with Gasteiger partial charge in [-0.15, -0.1) is 0 Å². The van der Waals surface area contributed by atoms with Crippen molar-refractivity contribution in [2.75, 3.05) is 13.7 Å². The Kier molecular flexibility index (Phi) is 3.82. The molecule has 0 aliphatic carbocycles. The number of rotatable bonds is 3. The Balaban J connectivity index is 3.50. The zero-order valence-electron chi connectivity index (χ0n) is 8.43. The molecule has 0 spiro atoms. The van der Waals surface area contributed by atoms with Crippen LogP contribution < -0.4 is 10.5 Å². The molecule has 15 heavy (non-hydrogen) atoms. The van der Waals surface area contributed by atoms with Gasteiger partial charge in [-0.25, -0.2) is 4.39 Å². The number of nitrogens with two attached hydrogens (primary N) is 1. The lowest BCUT2D eigenvalue weighted by atomic mass is 10.1. The molecule has 2 N–H and O–H groups in total. The van der Waals surface area contributed by atoms with E-state index in [2.05, 4.69) is 15.9 Å². The molecule has 0 aliphatic heterocycles. The maximum Gasteiger partial charge on any atom is 0.181 e. The van der Waals surface area contributed by atoms with Gasteiger partial charge in [0.05, 0.1) is 23.7 Å². The predicted octanol–water partition coefficient (Wildman–Crippen LogP) is 2.05. The monoisotopic (exact) mass is 275 g/mol. The van der Waals surface area contributed by atoms with Crippen LogP contribution in [0.25, 0.3) is 0 Å². The summed E-state index contributed by atoms with van der Waals surface area (Å²) in [7, 11) is 1.43. The van der Waals surface area contributed by atoms with Crippen LogP contribution in [0.1, 0.15) is 15.9 Å². The van der Waals surface area contributed by atoms with E-state index in [4.69, 9.17) is 10.5 Å². The van der Waals surface area contributed by atoms with Gasteiger partial charge >= 0.3 is 0 Å². The topological polar surface area (TPSA) is 52.3 Å². The number of carbonyl (C=O) groups excluding carboxylic acids is 1. The Hall–Kier alpha value is -0.940. The van der Waals surface area contributed by atoms with Gasteiger partial charge in [0.25, 0.3) is 0 Å². The van der Waals surface area contributed by atoms with Crippen LogP contribution in [0.3, 0.4) is 0 Å². The Morgan fingerprint density at radius 2 is 2.27 bits per heavy atom. The number of halogens is 2. The van der Waals surface area contributed by atoms with Gasteiger partial charge in [-0.1, -0.05) is 0 Å². The molecule has 0 atom stereocenters. The van der Waals surface area contributed by atoms with E-state index in [1.54, 1.807) is 6.92 Å². The molecule has 0 amide bonds. The van der Waals surface area contributed by atoms with Crippen molar-refractivity contribution in [3.8, 4) is 5.75 Å². The molecule has 1 aromatic carbocycles. The predicted molar refractivity (Wildman–Crippen MR) is 58.8 cm³/mol. The first-order chi connectivity index (χ1) is 7.02. The third-order valence-electron chi connectivity index (χ3n) is 2.03. The smallest absolute Gasteiger partial charge is 0.181 e. The molecule has 0 fully saturated rings. The van der Waals surface area contributed by atoms with Gasteiger partial charge in [-0.3, -0.25) is 4.79 Å². The zero-order valence-corrected chi connectivity index (χ0v) is 10.0. The van der Waals surface area contributed by atoms with Crippen LogP contribution in [0.15, 0.2) is 10.5 Å². The van der Waals surface area contributed by atoms with E-state index in [0.717, 1.165) is 0 Å². The first-order valence-electron chi connectivity index (χ1n) is 4.28. The number of benzene rings is 1. The van der Waals surface area contributed by atoms with E-state index in [0.29, 0.717) is 11.3 Å². The maximum absolute atomic E-state index is 13.4. The van der Waals surface area contributed by atoms with Crippen molar-refractivity contribution >= 4 is 21.7 Å². The standard InChI is InChI=1S/C10H11BrFNO2/c1-5-3-6(12)9(11)8(7(14)4-13)10(5)15-2/h3H,4,13H2,1-2H3. The minimum atomic E-state index is -0.495. The highest BCUT2D eigenvalue weighted by atomic mass is 79.9. The van der Waals surface area contributed by atoms with E-state index in [9.17, 15) is 9.18 Å². The van der Waals surface area contributed by atoms with Crippen LogP contribution in [-0.2, 0) is 0 Å². The summed E-state index contributed by atoms with van der Waals surface area (Å²) in [6.45, 7) is 1.49. The molecule has 0 unspecified atom stereocenters. The van der Waals surface area contributed by atoms with Crippen LogP contribution >= 0.6 is 15.9 Å². The molecule has 3 nitrogen and oxygen atoms in total. The molecular formula is C10H11BrFNO2. The van der Waals surface area contributed by atoms with E-state index < -0.39 is 5.82 Å². The minimum absolute atomic E-state index is 0.0976. The summed E-state index contributed by atoms with van der Waals surface area (Å²) in [5.74, 6) is -0.495. The van der Waals surface area contributed by atoms with E-state index in [-0.39, 0.29) is 22.4 Å². The SMILES string of the molecule is COc1c(C)cc(F)c(Br)c1C(=O)CN. The van der Waals surface area contributed by atoms with Crippen molar-refractivity contribution in [2.45, 2.75) is 6.92 Å². The first-order valence-corrected chi connectivity index (χ1v) is 5.08. The fourth-order valence-electron chi connectivity index (χ4n) is 1.35. The summed E-state index contributed by atoms with van der Waals surface area (Å²) in [5.41, 5.74) is 5.98. The number of ketones is 1. The molecule has 1 rings (SSSR count). The van der Waals surface area contributed by atoms with Gasteiger partial charge < -0.3 is 10.5 Å². The third kappa shape index (κ3) is 2.18. The second-order valence-electron chi connectivity index (χ2n) is 3.02. The largest absolute Gasteiger partial charge is 0.496 e. The summed E-state index contributed by atoms with van der Waals surface area (Å²) in [5, 5.41) is 0. The van der Waals surface area contributed by atoms with Crippen molar-refractivity contribution in [1.82, 2.24) is 0 Å². The third-order valence-corrected chi connectivity index (χ3v) is 2.80. The molecule has 0 aliphatic rings. The molecule has 0 heterocycles. The average molecular weight is 276 g/mol. The number of ether oxygens (including phenoxy) is 1. The number of carbonyl (C=O) groups is 1. The fourth-order valence-corrected chi connectivity index (χ4v) is 1.87. The molecule has 0 saturated carbocycles. The summed E-state index contributed by atoms with van der Waals surface area (Å²) < 4.78 is 18.5. The Bertz CT molecular complexity index is 407. The molecular weight excluding hydrogens is 265 g/mol. The molecule has 0 saturated heterocycles. The summed E-state index contributed by atoms with van der Waals surface area (Å²) in [4.78, 5) is 11.5. The average Bonchev–Trinajstić information content (AvgIpc) is 2.21. The number of hydrogen-bond donors (Lipinski definition) is 1. The lowest BCUT2D eigenvalue weighted by Crippen LogP contribution is -2.16. The van der Waals surface area contributed by atoms with Crippen molar-refractivity contribution in [3.63, 3.8) is 0 Å². The van der Waals surface area contributed by atoms with Gasteiger partial charge in [0, 0.05) is 0 Å². The molecule has 0 radical (unpaired) electrons. The second kappa shape index (κ2) is 4.72. The van der Waals surface area contributed by atoms with Gasteiger partial charge in [-0.05, 0) is 34.5 Å². The van der Waals surface area contributed by atoms with Crippen molar-refractivity contribution in [2.24, 2.45) is 5.73 Å². The van der Waals surface area contributed by atoms with Gasteiger partial charge in [0.15, 0.2) is 5.78 Å². The highest BCUT2D eigenvalue weighted by Gasteiger charge is 2.20. The second-order valence-corrected chi connectivity index (χ2v) is 3.82. The lowest BCUT2D eigenvalue weighted by Gasteiger charge is -2.12. The van der Waals surface area contributed by atoms with Gasteiger partial charge in [0.1, 0.15) is 11.6 Å². The van der Waals surface area contributed by atoms with Crippen molar-refractivity contribution in [1.29, 1.82) is 0 Å². The van der Waals surface area contributed by atoms with Crippen LogP contribution in [0.2, 0.25) is 0 Å². The van der Waals surface area contributed by atoms with Crippen LogP contribution in [0.5, 0.6) is 5.75 Å². The van der Waals surface area contributed by atoms with Crippen molar-refractivity contribution < 1.29 is 13.9 Å². The molecule has 82 valence electrons. The van der Waals surface area contributed by atoms with Gasteiger partial charge in [0.2, 0.25) is 0 Å². The maximum atomic E-state index is 13.4. The normalized spacial score (nSPS) is 10.2. The minimum Gasteiger partial charge on any atom is -0.496 e. The van der Waals surface area contributed by atoms with Crippen LogP contribution in [0, 0.1) is 12.7 Å². The van der Waals surface area contributed by atoms with E-state index in [1.807, 2.05) is 0 Å². The number of aryl methyl sites for hydroxylation is 1. The highest BCUT2D eigenvalue weighted by molar-refractivity contribution is 9.10. The Labute approximate surface area is 95.5 Å². The lowest BCUT2D eigenvalue weighted by molar-refractivity contribution is 0.0997. The van der Waals surface area contributed by atoms with E-state index in [1.165, 1.54) is 13.2 Å². The summed E-state index contributed by atoms with van der Waals surface area (Å²) in [6, 6.07) is 1.30. The number of methoxy groups -OCH3 is 1. The molecule has 0 aromatic heterocycles. The van der Waals surface area contributed by atoms with Crippen LogP contribution in [-0.4, -0.2) is 19.4 Å².